The molecule has 0 radical (unpaired) electrons. The molecule has 0 bridgehead atoms. The molecule has 1 aromatic rings. The maximum Gasteiger partial charge on any atom is 0.155 e. The summed E-state index contributed by atoms with van der Waals surface area (Å²) in [5.74, 6) is -0.626. The minimum absolute atomic E-state index is 0.205. The van der Waals surface area contributed by atoms with Gasteiger partial charge in [0.05, 0.1) is 0 Å². The van der Waals surface area contributed by atoms with E-state index in [1.165, 1.54) is 12.1 Å². The van der Waals surface area contributed by atoms with Crippen LogP contribution in [-0.2, 0) is 11.2 Å². The van der Waals surface area contributed by atoms with E-state index in [0.29, 0.717) is 18.3 Å². The molecule has 0 N–H and O–H groups in total. The highest BCUT2D eigenvalue weighted by Gasteiger charge is 2.07. The largest absolute Gasteiger partial charge is 0.303 e. The number of nitroso groups, excluding NO2 is 1. The van der Waals surface area contributed by atoms with Crippen LogP contribution in [0.4, 0.5) is 10.1 Å². The molecule has 68 valence electrons. The number of halogens is 1. The van der Waals surface area contributed by atoms with E-state index in [1.807, 2.05) is 0 Å². The van der Waals surface area contributed by atoms with Crippen LogP contribution in [0.2, 0.25) is 0 Å². The van der Waals surface area contributed by atoms with Crippen LogP contribution in [0, 0.1) is 10.7 Å². The van der Waals surface area contributed by atoms with Crippen molar-refractivity contribution in [2.75, 3.05) is 0 Å². The molecule has 0 aliphatic carbocycles. The molecule has 0 heterocycles. The lowest BCUT2D eigenvalue weighted by Crippen LogP contribution is -1.91. The monoisotopic (exact) mass is 181 g/mol. The molecule has 0 saturated heterocycles. The van der Waals surface area contributed by atoms with E-state index in [2.05, 4.69) is 5.18 Å². The lowest BCUT2D eigenvalue weighted by molar-refractivity contribution is -0.107. The first-order valence-electron chi connectivity index (χ1n) is 3.84. The van der Waals surface area contributed by atoms with Crippen LogP contribution in [0.25, 0.3) is 0 Å². The van der Waals surface area contributed by atoms with E-state index in [-0.39, 0.29) is 12.1 Å². The van der Waals surface area contributed by atoms with Crippen molar-refractivity contribution in [3.63, 3.8) is 0 Å². The van der Waals surface area contributed by atoms with Crippen molar-refractivity contribution >= 4 is 12.0 Å². The van der Waals surface area contributed by atoms with E-state index in [1.54, 1.807) is 6.07 Å². The highest BCUT2D eigenvalue weighted by molar-refractivity contribution is 5.51. The predicted molar refractivity (Wildman–Crippen MR) is 46.2 cm³/mol. The zero-order valence-electron chi connectivity index (χ0n) is 6.87. The molecule has 0 atom stereocenters. The minimum atomic E-state index is -0.626. The Morgan fingerprint density at radius 2 is 2.23 bits per heavy atom. The summed E-state index contributed by atoms with van der Waals surface area (Å²) in [4.78, 5) is 20.1. The number of aryl methyl sites for hydroxylation is 1. The van der Waals surface area contributed by atoms with Crippen molar-refractivity contribution in [1.29, 1.82) is 0 Å². The SMILES string of the molecule is O=CCCc1cccc(N=O)c1F. The third-order valence-electron chi connectivity index (χ3n) is 1.69. The molecule has 0 amide bonds. The Labute approximate surface area is 74.5 Å². The van der Waals surface area contributed by atoms with E-state index in [4.69, 9.17) is 0 Å². The lowest BCUT2D eigenvalue weighted by atomic mass is 10.1. The van der Waals surface area contributed by atoms with Crippen molar-refractivity contribution in [3.8, 4) is 0 Å². The van der Waals surface area contributed by atoms with E-state index in [0.717, 1.165) is 0 Å². The highest BCUT2D eigenvalue weighted by Crippen LogP contribution is 2.21. The molecule has 0 unspecified atom stereocenters. The molecule has 0 aliphatic heterocycles. The normalized spacial score (nSPS) is 9.62. The second kappa shape index (κ2) is 4.45. The number of rotatable bonds is 4. The Balaban J connectivity index is 2.93. The zero-order chi connectivity index (χ0) is 9.68. The third-order valence-corrected chi connectivity index (χ3v) is 1.69. The summed E-state index contributed by atoms with van der Waals surface area (Å²) in [6.07, 6.45) is 1.26. The van der Waals surface area contributed by atoms with Gasteiger partial charge in [0.25, 0.3) is 0 Å². The van der Waals surface area contributed by atoms with Crippen molar-refractivity contribution in [1.82, 2.24) is 0 Å². The van der Waals surface area contributed by atoms with E-state index < -0.39 is 5.82 Å². The van der Waals surface area contributed by atoms with Crippen molar-refractivity contribution in [2.24, 2.45) is 5.18 Å². The van der Waals surface area contributed by atoms with E-state index >= 15 is 0 Å². The van der Waals surface area contributed by atoms with Gasteiger partial charge in [0.2, 0.25) is 0 Å². The van der Waals surface area contributed by atoms with Gasteiger partial charge in [-0.2, -0.15) is 0 Å². The Hall–Kier alpha value is -1.58. The molecule has 1 rings (SSSR count). The molecule has 0 saturated carbocycles. The Morgan fingerprint density at radius 1 is 1.46 bits per heavy atom. The van der Waals surface area contributed by atoms with Crippen molar-refractivity contribution in [2.45, 2.75) is 12.8 Å². The maximum atomic E-state index is 13.2. The van der Waals surface area contributed by atoms with Crippen LogP contribution in [0.1, 0.15) is 12.0 Å². The number of carbonyl (C=O) groups excluding carboxylic acids is 1. The second-order valence-electron chi connectivity index (χ2n) is 2.55. The number of hydrogen-bond donors (Lipinski definition) is 0. The van der Waals surface area contributed by atoms with Crippen LogP contribution in [0.3, 0.4) is 0 Å². The summed E-state index contributed by atoms with van der Waals surface area (Å²) < 4.78 is 13.2. The molecule has 0 aliphatic rings. The fraction of sp³-hybridized carbons (Fsp3) is 0.222. The molecule has 0 spiro atoms. The van der Waals surface area contributed by atoms with Gasteiger partial charge in [-0.3, -0.25) is 0 Å². The summed E-state index contributed by atoms with van der Waals surface area (Å²) in [6.45, 7) is 0. The van der Waals surface area contributed by atoms with Gasteiger partial charge in [-0.25, -0.2) is 4.39 Å². The number of carbonyl (C=O) groups is 1. The second-order valence-corrected chi connectivity index (χ2v) is 2.55. The predicted octanol–water partition coefficient (Wildman–Crippen LogP) is 2.36. The van der Waals surface area contributed by atoms with Crippen LogP contribution >= 0.6 is 0 Å². The van der Waals surface area contributed by atoms with Gasteiger partial charge in [0.15, 0.2) is 5.82 Å². The van der Waals surface area contributed by atoms with Crippen LogP contribution in [0.15, 0.2) is 23.4 Å². The number of hydrogen-bond acceptors (Lipinski definition) is 3. The van der Waals surface area contributed by atoms with Crippen molar-refractivity contribution in [3.05, 3.63) is 34.5 Å². The quantitative estimate of drug-likeness (QED) is 0.528. The maximum absolute atomic E-state index is 13.2. The van der Waals surface area contributed by atoms with Crippen LogP contribution in [-0.4, -0.2) is 6.29 Å². The fourth-order valence-electron chi connectivity index (χ4n) is 1.04. The van der Waals surface area contributed by atoms with Gasteiger partial charge in [-0.05, 0) is 23.2 Å². The molecular weight excluding hydrogens is 173 g/mol. The average Bonchev–Trinajstić information content (AvgIpc) is 2.16. The van der Waals surface area contributed by atoms with Gasteiger partial charge < -0.3 is 4.79 Å². The summed E-state index contributed by atoms with van der Waals surface area (Å²) in [5.41, 5.74) is 0.146. The summed E-state index contributed by atoms with van der Waals surface area (Å²) in [5, 5.41) is 2.53. The first-order chi connectivity index (χ1) is 6.29. The van der Waals surface area contributed by atoms with E-state index in [9.17, 15) is 14.1 Å². The molecule has 0 fully saturated rings. The molecule has 4 heteroatoms. The average molecular weight is 181 g/mol. The van der Waals surface area contributed by atoms with Crippen LogP contribution < -0.4 is 0 Å². The molecule has 13 heavy (non-hydrogen) atoms. The molecule has 3 nitrogen and oxygen atoms in total. The molecule has 1 aromatic carbocycles. The number of benzene rings is 1. The standard InChI is InChI=1S/C9H8FNO2/c10-9-7(4-2-6-12)3-1-5-8(9)11-13/h1,3,5-6H,2,4H2. The minimum Gasteiger partial charge on any atom is -0.303 e. The smallest absolute Gasteiger partial charge is 0.155 e. The summed E-state index contributed by atoms with van der Waals surface area (Å²) in [6, 6.07) is 4.38. The first-order valence-corrected chi connectivity index (χ1v) is 3.84. The summed E-state index contributed by atoms with van der Waals surface area (Å²) in [7, 11) is 0. The van der Waals surface area contributed by atoms with Gasteiger partial charge in [-0.1, -0.05) is 12.1 Å². The highest BCUT2D eigenvalue weighted by atomic mass is 19.1. The van der Waals surface area contributed by atoms with Crippen LogP contribution in [0.5, 0.6) is 0 Å². The Bertz CT molecular complexity index is 325. The number of nitrogens with zero attached hydrogens (tertiary/aromatic N) is 1. The number of aldehydes is 1. The molecule has 0 aromatic heterocycles. The Kier molecular flexibility index (Phi) is 3.25. The van der Waals surface area contributed by atoms with Crippen molar-refractivity contribution < 1.29 is 9.18 Å². The fourth-order valence-corrected chi connectivity index (χ4v) is 1.04. The Morgan fingerprint density at radius 3 is 2.85 bits per heavy atom. The van der Waals surface area contributed by atoms with Gasteiger partial charge in [0, 0.05) is 6.42 Å². The van der Waals surface area contributed by atoms with Gasteiger partial charge in [-0.15, -0.1) is 4.91 Å². The zero-order valence-corrected chi connectivity index (χ0v) is 6.87. The summed E-state index contributed by atoms with van der Waals surface area (Å²) >= 11 is 0. The van der Waals surface area contributed by atoms with Gasteiger partial charge in [0.1, 0.15) is 12.0 Å². The third kappa shape index (κ3) is 2.18. The lowest BCUT2D eigenvalue weighted by Gasteiger charge is -2.00. The topological polar surface area (TPSA) is 46.5 Å². The first kappa shape index (κ1) is 9.51. The molecular formula is C9H8FNO2. The van der Waals surface area contributed by atoms with Gasteiger partial charge >= 0.3 is 0 Å².